The van der Waals surface area contributed by atoms with E-state index >= 15 is 0 Å². The van der Waals surface area contributed by atoms with E-state index in [0.29, 0.717) is 5.69 Å². The normalized spacial score (nSPS) is 11.1. The van der Waals surface area contributed by atoms with Crippen molar-refractivity contribution in [2.75, 3.05) is 17.2 Å². The molecule has 2 N–H and O–H groups in total. The number of hydrogen-bond donors (Lipinski definition) is 2. The summed E-state index contributed by atoms with van der Waals surface area (Å²) in [5.74, 6) is -0.257. The molecule has 0 saturated heterocycles. The molecule has 0 spiro atoms. The highest BCUT2D eigenvalue weighted by Crippen LogP contribution is 2.34. The summed E-state index contributed by atoms with van der Waals surface area (Å²) in [7, 11) is 0. The molecule has 0 aromatic heterocycles. The van der Waals surface area contributed by atoms with Gasteiger partial charge in [-0.2, -0.15) is 13.2 Å². The number of anilines is 2. The van der Waals surface area contributed by atoms with E-state index in [2.05, 4.69) is 10.6 Å². The summed E-state index contributed by atoms with van der Waals surface area (Å²) >= 11 is 0. The molecule has 23 heavy (non-hydrogen) atoms. The summed E-state index contributed by atoms with van der Waals surface area (Å²) in [6, 6.07) is 12.5. The molecule has 0 aliphatic carbocycles. The third-order valence-electron chi connectivity index (χ3n) is 3.20. The van der Waals surface area contributed by atoms with Crippen LogP contribution >= 0.6 is 0 Å². The van der Waals surface area contributed by atoms with Crippen LogP contribution < -0.4 is 10.6 Å². The third-order valence-corrected chi connectivity index (χ3v) is 3.20. The highest BCUT2D eigenvalue weighted by atomic mass is 19.4. The predicted molar refractivity (Wildman–Crippen MR) is 84.4 cm³/mol. The summed E-state index contributed by atoms with van der Waals surface area (Å²) in [5, 5.41) is 5.38. The van der Waals surface area contributed by atoms with E-state index in [1.54, 1.807) is 6.07 Å². The number of para-hydroxylation sites is 1. The van der Waals surface area contributed by atoms with Gasteiger partial charge in [0.25, 0.3) is 0 Å². The smallest absolute Gasteiger partial charge is 0.384 e. The van der Waals surface area contributed by atoms with Crippen LogP contribution in [0, 0.1) is 6.92 Å². The monoisotopic (exact) mass is 322 g/mol. The van der Waals surface area contributed by atoms with Crippen molar-refractivity contribution in [3.05, 3.63) is 59.7 Å². The van der Waals surface area contributed by atoms with Crippen LogP contribution in [0.2, 0.25) is 0 Å². The van der Waals surface area contributed by atoms with E-state index in [4.69, 9.17) is 0 Å². The zero-order valence-corrected chi connectivity index (χ0v) is 12.6. The molecule has 6 heteroatoms. The first kappa shape index (κ1) is 16.9. The minimum Gasteiger partial charge on any atom is -0.384 e. The van der Waals surface area contributed by atoms with Gasteiger partial charge in [0.2, 0.25) is 5.91 Å². The van der Waals surface area contributed by atoms with Crippen LogP contribution in [0.15, 0.2) is 48.5 Å². The second kappa shape index (κ2) is 7.17. The molecule has 2 aromatic rings. The lowest BCUT2D eigenvalue weighted by atomic mass is 10.1. The molecule has 0 heterocycles. The summed E-state index contributed by atoms with van der Waals surface area (Å²) in [4.78, 5) is 11.8. The maximum atomic E-state index is 12.8. The summed E-state index contributed by atoms with van der Waals surface area (Å²) in [5.41, 5.74) is 0.924. The number of benzene rings is 2. The van der Waals surface area contributed by atoms with Crippen LogP contribution in [0.3, 0.4) is 0 Å². The van der Waals surface area contributed by atoms with Gasteiger partial charge in [-0.25, -0.2) is 0 Å². The van der Waals surface area contributed by atoms with Gasteiger partial charge in [-0.05, 0) is 36.8 Å². The summed E-state index contributed by atoms with van der Waals surface area (Å²) < 4.78 is 38.5. The second-order valence-corrected chi connectivity index (χ2v) is 5.14. The van der Waals surface area contributed by atoms with Crippen molar-refractivity contribution < 1.29 is 18.0 Å². The van der Waals surface area contributed by atoms with Crippen LogP contribution in [0.25, 0.3) is 0 Å². The molecule has 2 rings (SSSR count). The van der Waals surface area contributed by atoms with E-state index in [9.17, 15) is 18.0 Å². The van der Waals surface area contributed by atoms with Gasteiger partial charge in [0.05, 0.1) is 5.56 Å². The Morgan fingerprint density at radius 2 is 1.83 bits per heavy atom. The minimum atomic E-state index is -4.42. The van der Waals surface area contributed by atoms with Crippen molar-refractivity contribution >= 4 is 17.3 Å². The lowest BCUT2D eigenvalue weighted by molar-refractivity contribution is -0.137. The maximum absolute atomic E-state index is 12.8. The molecular weight excluding hydrogens is 305 g/mol. The molecule has 3 nitrogen and oxygen atoms in total. The topological polar surface area (TPSA) is 41.1 Å². The van der Waals surface area contributed by atoms with Gasteiger partial charge in [-0.3, -0.25) is 4.79 Å². The van der Waals surface area contributed by atoms with Crippen molar-refractivity contribution in [2.45, 2.75) is 19.5 Å². The fourth-order valence-electron chi connectivity index (χ4n) is 2.14. The third kappa shape index (κ3) is 5.02. The van der Waals surface area contributed by atoms with Crippen LogP contribution in [-0.4, -0.2) is 12.5 Å². The number of rotatable bonds is 5. The molecule has 2 aromatic carbocycles. The Morgan fingerprint density at radius 1 is 1.09 bits per heavy atom. The van der Waals surface area contributed by atoms with E-state index < -0.39 is 11.7 Å². The SMILES string of the molecule is Cc1cccc(NC(=O)CCNc2ccccc2C(F)(F)F)c1. The maximum Gasteiger partial charge on any atom is 0.418 e. The highest BCUT2D eigenvalue weighted by Gasteiger charge is 2.32. The van der Waals surface area contributed by atoms with Crippen molar-refractivity contribution in [3.63, 3.8) is 0 Å². The molecule has 0 unspecified atom stereocenters. The zero-order valence-electron chi connectivity index (χ0n) is 12.6. The average molecular weight is 322 g/mol. The minimum absolute atomic E-state index is 0.0247. The fourth-order valence-corrected chi connectivity index (χ4v) is 2.14. The Morgan fingerprint density at radius 3 is 2.52 bits per heavy atom. The van der Waals surface area contributed by atoms with Crippen LogP contribution in [0.5, 0.6) is 0 Å². The first-order valence-corrected chi connectivity index (χ1v) is 7.13. The highest BCUT2D eigenvalue weighted by molar-refractivity contribution is 5.91. The molecular formula is C17H17F3N2O. The van der Waals surface area contributed by atoms with Crippen molar-refractivity contribution in [1.82, 2.24) is 0 Å². The van der Waals surface area contributed by atoms with Gasteiger partial charge in [-0.1, -0.05) is 24.3 Å². The number of carbonyl (C=O) groups excluding carboxylic acids is 1. The number of nitrogens with one attached hydrogen (secondary N) is 2. The van der Waals surface area contributed by atoms with Crippen molar-refractivity contribution in [3.8, 4) is 0 Å². The largest absolute Gasteiger partial charge is 0.418 e. The first-order chi connectivity index (χ1) is 10.9. The molecule has 122 valence electrons. The molecule has 0 saturated carbocycles. The standard InChI is InChI=1S/C17H17F3N2O/c1-12-5-4-6-13(11-12)22-16(23)9-10-21-15-8-3-2-7-14(15)17(18,19)20/h2-8,11,21H,9-10H2,1H3,(H,22,23). The van der Waals surface area contributed by atoms with Crippen molar-refractivity contribution in [1.29, 1.82) is 0 Å². The van der Waals surface area contributed by atoms with Gasteiger partial charge < -0.3 is 10.6 Å². The molecule has 0 aliphatic heterocycles. The molecule has 0 radical (unpaired) electrons. The summed E-state index contributed by atoms with van der Waals surface area (Å²) in [6.07, 6.45) is -4.35. The molecule has 1 amide bonds. The van der Waals surface area contributed by atoms with Gasteiger partial charge in [0, 0.05) is 24.3 Å². The quantitative estimate of drug-likeness (QED) is 0.853. The Bertz CT molecular complexity index is 684. The number of amides is 1. The Hall–Kier alpha value is -2.50. The molecule has 0 fully saturated rings. The van der Waals surface area contributed by atoms with E-state index in [1.807, 2.05) is 25.1 Å². The lowest BCUT2D eigenvalue weighted by Gasteiger charge is -2.14. The zero-order chi connectivity index (χ0) is 16.9. The van der Waals surface area contributed by atoms with Gasteiger partial charge in [0.1, 0.15) is 0 Å². The average Bonchev–Trinajstić information content (AvgIpc) is 2.46. The number of carbonyl (C=O) groups is 1. The molecule has 0 aliphatic rings. The van der Waals surface area contributed by atoms with Crippen molar-refractivity contribution in [2.24, 2.45) is 0 Å². The van der Waals surface area contributed by atoms with Gasteiger partial charge in [0.15, 0.2) is 0 Å². The Kier molecular flexibility index (Phi) is 5.26. The van der Waals surface area contributed by atoms with E-state index in [0.717, 1.165) is 11.6 Å². The van der Waals surface area contributed by atoms with Crippen LogP contribution in [-0.2, 0) is 11.0 Å². The van der Waals surface area contributed by atoms with E-state index in [1.165, 1.54) is 18.2 Å². The Balaban J connectivity index is 1.89. The number of aryl methyl sites for hydroxylation is 1. The lowest BCUT2D eigenvalue weighted by Crippen LogP contribution is -2.17. The van der Waals surface area contributed by atoms with Crippen LogP contribution in [0.1, 0.15) is 17.5 Å². The molecule has 0 bridgehead atoms. The van der Waals surface area contributed by atoms with E-state index in [-0.39, 0.29) is 24.6 Å². The Labute approximate surface area is 132 Å². The first-order valence-electron chi connectivity index (χ1n) is 7.13. The number of halogens is 3. The fraction of sp³-hybridized carbons (Fsp3) is 0.235. The van der Waals surface area contributed by atoms with Gasteiger partial charge in [-0.15, -0.1) is 0 Å². The molecule has 0 atom stereocenters. The number of alkyl halides is 3. The van der Waals surface area contributed by atoms with Gasteiger partial charge >= 0.3 is 6.18 Å². The summed E-state index contributed by atoms with van der Waals surface area (Å²) in [6.45, 7) is 2.02. The number of hydrogen-bond acceptors (Lipinski definition) is 2. The van der Waals surface area contributed by atoms with Crippen LogP contribution in [0.4, 0.5) is 24.5 Å². The predicted octanol–water partition coefficient (Wildman–Crippen LogP) is 4.45. The second-order valence-electron chi connectivity index (χ2n) is 5.14.